The molecule has 0 aliphatic heterocycles. The van der Waals surface area contributed by atoms with Gasteiger partial charge in [0.25, 0.3) is 0 Å². The lowest BCUT2D eigenvalue weighted by atomic mass is 9.87. The van der Waals surface area contributed by atoms with E-state index < -0.39 is 5.54 Å². The second-order valence-electron chi connectivity index (χ2n) is 6.41. The van der Waals surface area contributed by atoms with Gasteiger partial charge in [-0.2, -0.15) is 0 Å². The summed E-state index contributed by atoms with van der Waals surface area (Å²) in [5, 5.41) is 3.04. The second kappa shape index (κ2) is 7.12. The first-order valence-electron chi connectivity index (χ1n) is 7.17. The highest BCUT2D eigenvalue weighted by Gasteiger charge is 2.34. The van der Waals surface area contributed by atoms with Gasteiger partial charge < -0.3 is 11.1 Å². The van der Waals surface area contributed by atoms with Crippen LogP contribution in [0.4, 0.5) is 0 Å². The van der Waals surface area contributed by atoms with Gasteiger partial charge in [0, 0.05) is 11.0 Å². The van der Waals surface area contributed by atoms with Crippen LogP contribution in [0.15, 0.2) is 28.7 Å². The number of halogens is 2. The van der Waals surface area contributed by atoms with E-state index in [1.165, 1.54) is 25.7 Å². The van der Waals surface area contributed by atoms with Crippen LogP contribution in [0, 0.1) is 5.41 Å². The van der Waals surface area contributed by atoms with Crippen LogP contribution < -0.4 is 11.1 Å². The van der Waals surface area contributed by atoms with Crippen LogP contribution in [0.1, 0.15) is 45.1 Å². The monoisotopic (exact) mass is 374 g/mol. The molecule has 1 atom stereocenters. The molecule has 1 aliphatic rings. The maximum absolute atomic E-state index is 12.4. The minimum atomic E-state index is -0.990. The van der Waals surface area contributed by atoms with Gasteiger partial charge in [-0.1, -0.05) is 47.8 Å². The Morgan fingerprint density at radius 1 is 1.33 bits per heavy atom. The minimum Gasteiger partial charge on any atom is -0.354 e. The average Bonchev–Trinajstić information content (AvgIpc) is 2.84. The van der Waals surface area contributed by atoms with Crippen LogP contribution >= 0.6 is 28.3 Å². The Hall–Kier alpha value is -0.580. The first kappa shape index (κ1) is 18.5. The third kappa shape index (κ3) is 4.44. The predicted molar refractivity (Wildman–Crippen MR) is 92.5 cm³/mol. The number of nitrogens with one attached hydrogen (secondary N) is 1. The fourth-order valence-electron chi connectivity index (χ4n) is 2.81. The Labute approximate surface area is 141 Å². The van der Waals surface area contributed by atoms with E-state index in [0.29, 0.717) is 0 Å². The van der Waals surface area contributed by atoms with Gasteiger partial charge >= 0.3 is 0 Å². The first-order chi connectivity index (χ1) is 9.33. The van der Waals surface area contributed by atoms with E-state index in [9.17, 15) is 4.79 Å². The molecule has 5 heteroatoms. The molecule has 0 radical (unpaired) electrons. The zero-order valence-corrected chi connectivity index (χ0v) is 15.0. The predicted octanol–water partition coefficient (Wildman–Crippen LogP) is 3.74. The van der Waals surface area contributed by atoms with Crippen LogP contribution in [-0.2, 0) is 10.3 Å². The molecule has 0 heterocycles. The summed E-state index contributed by atoms with van der Waals surface area (Å²) in [7, 11) is 0. The third-order valence-electron chi connectivity index (χ3n) is 4.40. The summed E-state index contributed by atoms with van der Waals surface area (Å²) >= 11 is 3.39. The van der Waals surface area contributed by atoms with Crippen molar-refractivity contribution in [1.29, 1.82) is 0 Å². The van der Waals surface area contributed by atoms with E-state index in [4.69, 9.17) is 5.73 Å². The lowest BCUT2D eigenvalue weighted by molar-refractivity contribution is -0.126. The van der Waals surface area contributed by atoms with Gasteiger partial charge in [0.05, 0.1) is 0 Å². The summed E-state index contributed by atoms with van der Waals surface area (Å²) in [6, 6.07) is 7.60. The highest BCUT2D eigenvalue weighted by Crippen LogP contribution is 2.36. The minimum absolute atomic E-state index is 0. The van der Waals surface area contributed by atoms with Crippen LogP contribution in [0.5, 0.6) is 0 Å². The molecule has 1 aromatic rings. The van der Waals surface area contributed by atoms with Crippen molar-refractivity contribution in [3.63, 3.8) is 0 Å². The molecule has 3 N–H and O–H groups in total. The van der Waals surface area contributed by atoms with Crippen molar-refractivity contribution < 1.29 is 4.79 Å². The maximum atomic E-state index is 12.4. The Balaban J connectivity index is 0.00000220. The number of carbonyl (C=O) groups excluding carboxylic acids is 1. The highest BCUT2D eigenvalue weighted by molar-refractivity contribution is 9.10. The molecule has 118 valence electrons. The summed E-state index contributed by atoms with van der Waals surface area (Å²) in [5.41, 5.74) is 6.31. The second-order valence-corrected chi connectivity index (χ2v) is 7.33. The number of hydrogen-bond donors (Lipinski definition) is 2. The maximum Gasteiger partial charge on any atom is 0.244 e. The van der Waals surface area contributed by atoms with E-state index in [2.05, 4.69) is 28.2 Å². The zero-order chi connectivity index (χ0) is 14.8. The number of amides is 1. The third-order valence-corrected chi connectivity index (χ3v) is 4.93. The van der Waals surface area contributed by atoms with Crippen LogP contribution in [0.3, 0.4) is 0 Å². The molecule has 1 aromatic carbocycles. The summed E-state index contributed by atoms with van der Waals surface area (Å²) in [5.74, 6) is -0.104. The van der Waals surface area contributed by atoms with Crippen molar-refractivity contribution in [3.05, 3.63) is 34.3 Å². The van der Waals surface area contributed by atoms with E-state index in [1.54, 1.807) is 6.92 Å². The Morgan fingerprint density at radius 3 is 2.38 bits per heavy atom. The van der Waals surface area contributed by atoms with Gasteiger partial charge in [0.15, 0.2) is 0 Å². The largest absolute Gasteiger partial charge is 0.354 e. The van der Waals surface area contributed by atoms with Crippen molar-refractivity contribution in [2.24, 2.45) is 11.1 Å². The molecule has 0 aromatic heterocycles. The molecule has 0 bridgehead atoms. The molecule has 1 fully saturated rings. The molecule has 1 saturated carbocycles. The van der Waals surface area contributed by atoms with Crippen molar-refractivity contribution in [1.82, 2.24) is 5.32 Å². The van der Waals surface area contributed by atoms with Crippen molar-refractivity contribution in [2.45, 2.75) is 45.1 Å². The quantitative estimate of drug-likeness (QED) is 0.842. The summed E-state index contributed by atoms with van der Waals surface area (Å²) < 4.78 is 0.982. The summed E-state index contributed by atoms with van der Waals surface area (Å²) in [6.07, 6.45) is 4.90. The van der Waals surface area contributed by atoms with Crippen molar-refractivity contribution in [2.75, 3.05) is 6.54 Å². The van der Waals surface area contributed by atoms with Gasteiger partial charge in [0.2, 0.25) is 5.91 Å². The van der Waals surface area contributed by atoms with Crippen LogP contribution in [0.25, 0.3) is 0 Å². The summed E-state index contributed by atoms with van der Waals surface area (Å²) in [6.45, 7) is 4.73. The molecule has 2 rings (SSSR count). The average molecular weight is 376 g/mol. The molecular formula is C16H24BrClN2O. The Bertz CT molecular complexity index is 482. The van der Waals surface area contributed by atoms with Crippen LogP contribution in [0.2, 0.25) is 0 Å². The number of benzene rings is 1. The van der Waals surface area contributed by atoms with Crippen molar-refractivity contribution >= 4 is 34.2 Å². The number of nitrogens with two attached hydrogens (primary N) is 1. The molecule has 1 aliphatic carbocycles. The number of rotatable bonds is 4. The first-order valence-corrected chi connectivity index (χ1v) is 7.96. The molecule has 1 unspecified atom stereocenters. The van der Waals surface area contributed by atoms with E-state index in [-0.39, 0.29) is 23.7 Å². The van der Waals surface area contributed by atoms with E-state index in [0.717, 1.165) is 16.6 Å². The molecular weight excluding hydrogens is 352 g/mol. The zero-order valence-electron chi connectivity index (χ0n) is 12.6. The van der Waals surface area contributed by atoms with Gasteiger partial charge in [-0.15, -0.1) is 12.4 Å². The lowest BCUT2D eigenvalue weighted by Crippen LogP contribution is -2.50. The van der Waals surface area contributed by atoms with Gasteiger partial charge in [-0.05, 0) is 42.9 Å². The van der Waals surface area contributed by atoms with Gasteiger partial charge in [0.1, 0.15) is 5.54 Å². The van der Waals surface area contributed by atoms with Gasteiger partial charge in [-0.25, -0.2) is 0 Å². The number of hydrogen-bond acceptors (Lipinski definition) is 2. The van der Waals surface area contributed by atoms with Gasteiger partial charge in [-0.3, -0.25) is 4.79 Å². The molecule has 0 spiro atoms. The molecule has 0 saturated heterocycles. The normalized spacial score (nSPS) is 19.4. The Morgan fingerprint density at radius 2 is 1.86 bits per heavy atom. The lowest BCUT2D eigenvalue weighted by Gasteiger charge is -2.29. The standard InChI is InChI=1S/C16H23BrN2O.ClH/c1-15(9-3-4-10-15)11-19-14(20)16(2,18)12-5-7-13(17)8-6-12;/h5-8H,3-4,9-11,18H2,1-2H3,(H,19,20);1H. The topological polar surface area (TPSA) is 55.1 Å². The Kier molecular flexibility index (Phi) is 6.26. The SMILES string of the molecule is CC1(CNC(=O)C(C)(N)c2ccc(Br)cc2)CCCC1.Cl. The summed E-state index contributed by atoms with van der Waals surface area (Å²) in [4.78, 5) is 12.4. The fourth-order valence-corrected chi connectivity index (χ4v) is 3.07. The van der Waals surface area contributed by atoms with Crippen molar-refractivity contribution in [3.8, 4) is 0 Å². The number of carbonyl (C=O) groups is 1. The molecule has 1 amide bonds. The molecule has 21 heavy (non-hydrogen) atoms. The fraction of sp³-hybridized carbons (Fsp3) is 0.562. The van der Waals surface area contributed by atoms with E-state index in [1.807, 2.05) is 24.3 Å². The smallest absolute Gasteiger partial charge is 0.244 e. The highest BCUT2D eigenvalue weighted by atomic mass is 79.9. The van der Waals surface area contributed by atoms with E-state index >= 15 is 0 Å². The molecule has 3 nitrogen and oxygen atoms in total. The van der Waals surface area contributed by atoms with Crippen LogP contribution in [-0.4, -0.2) is 12.5 Å².